The molecule has 158 valence electrons. The lowest BCUT2D eigenvalue weighted by Gasteiger charge is -2.41. The highest BCUT2D eigenvalue weighted by Gasteiger charge is 2.35. The standard InChI is InChI=1S/C27H40N2/c1-18(2)22-11-9-12-23(19(3)4)26(22)28-15-16-29(17-28)27-24(20(5)6)13-10-14-25(27)21(7)8/h9-16,18-22,26H,17H2,1-8H3. The minimum absolute atomic E-state index is 0.440. The van der Waals surface area contributed by atoms with Crippen LogP contribution < -0.4 is 4.90 Å². The Hall–Kier alpha value is -1.96. The highest BCUT2D eigenvalue weighted by molar-refractivity contribution is 5.64. The van der Waals surface area contributed by atoms with E-state index < -0.39 is 0 Å². The maximum atomic E-state index is 2.57. The Morgan fingerprint density at radius 1 is 0.828 bits per heavy atom. The molecule has 1 aromatic carbocycles. The van der Waals surface area contributed by atoms with Gasteiger partial charge >= 0.3 is 0 Å². The Labute approximate surface area is 179 Å². The van der Waals surface area contributed by atoms with Crippen LogP contribution in [0.25, 0.3) is 0 Å². The number of hydrogen-bond acceptors (Lipinski definition) is 2. The van der Waals surface area contributed by atoms with Crippen molar-refractivity contribution in [1.82, 2.24) is 4.90 Å². The first-order chi connectivity index (χ1) is 13.7. The Morgan fingerprint density at radius 2 is 1.45 bits per heavy atom. The van der Waals surface area contributed by atoms with Crippen LogP contribution in [0.3, 0.4) is 0 Å². The van der Waals surface area contributed by atoms with Crippen LogP contribution in [-0.2, 0) is 0 Å². The zero-order valence-electron chi connectivity index (χ0n) is 19.7. The molecule has 0 amide bonds. The zero-order valence-corrected chi connectivity index (χ0v) is 19.7. The summed E-state index contributed by atoms with van der Waals surface area (Å²) in [5.41, 5.74) is 5.87. The Bertz CT molecular complexity index is 769. The second kappa shape index (κ2) is 8.81. The second-order valence-corrected chi connectivity index (χ2v) is 9.99. The van der Waals surface area contributed by atoms with Gasteiger partial charge in [-0.25, -0.2) is 0 Å². The molecule has 1 aromatic rings. The fraction of sp³-hybridized carbons (Fsp3) is 0.556. The van der Waals surface area contributed by atoms with E-state index in [1.165, 1.54) is 16.8 Å². The second-order valence-electron chi connectivity index (χ2n) is 9.99. The molecule has 0 saturated heterocycles. The molecule has 1 aliphatic heterocycles. The average Bonchev–Trinajstić information content (AvgIpc) is 3.15. The molecule has 0 radical (unpaired) electrons. The van der Waals surface area contributed by atoms with Crippen LogP contribution in [0.1, 0.15) is 78.4 Å². The number of anilines is 1. The van der Waals surface area contributed by atoms with Crippen molar-refractivity contribution >= 4 is 5.69 Å². The average molecular weight is 393 g/mol. The van der Waals surface area contributed by atoms with Gasteiger partial charge in [-0.2, -0.15) is 0 Å². The maximum Gasteiger partial charge on any atom is 0.0948 e. The fourth-order valence-electron chi connectivity index (χ4n) is 4.86. The first-order valence-corrected chi connectivity index (χ1v) is 11.4. The molecule has 0 fully saturated rings. The van der Waals surface area contributed by atoms with Crippen molar-refractivity contribution in [3.05, 3.63) is 65.5 Å². The summed E-state index contributed by atoms with van der Waals surface area (Å²) in [6, 6.07) is 7.28. The summed E-state index contributed by atoms with van der Waals surface area (Å²) in [6.45, 7) is 19.5. The smallest absolute Gasteiger partial charge is 0.0948 e. The summed E-state index contributed by atoms with van der Waals surface area (Å²) in [5.74, 6) is 2.75. The molecular formula is C27H40N2. The first-order valence-electron chi connectivity index (χ1n) is 11.4. The van der Waals surface area contributed by atoms with E-state index in [2.05, 4.69) is 114 Å². The van der Waals surface area contributed by atoms with Gasteiger partial charge in [0, 0.05) is 24.0 Å². The Kier molecular flexibility index (Phi) is 6.61. The monoisotopic (exact) mass is 392 g/mol. The third kappa shape index (κ3) is 4.32. The molecule has 0 aromatic heterocycles. The van der Waals surface area contributed by atoms with Crippen molar-refractivity contribution < 1.29 is 0 Å². The molecule has 0 saturated carbocycles. The van der Waals surface area contributed by atoms with E-state index in [1.807, 2.05) is 0 Å². The van der Waals surface area contributed by atoms with Crippen molar-refractivity contribution in [2.75, 3.05) is 11.6 Å². The number of hydrogen-bond donors (Lipinski definition) is 0. The molecule has 2 aliphatic rings. The van der Waals surface area contributed by atoms with Crippen LogP contribution in [0.15, 0.2) is 54.4 Å². The lowest BCUT2D eigenvalue weighted by Crippen LogP contribution is -2.44. The molecule has 0 spiro atoms. The van der Waals surface area contributed by atoms with E-state index in [-0.39, 0.29) is 0 Å². The number of nitrogens with zero attached hydrogens (tertiary/aromatic N) is 2. The van der Waals surface area contributed by atoms with Crippen molar-refractivity contribution in [1.29, 1.82) is 0 Å². The zero-order chi connectivity index (χ0) is 21.3. The molecule has 2 atom stereocenters. The normalized spacial score (nSPS) is 22.0. The van der Waals surface area contributed by atoms with E-state index in [4.69, 9.17) is 0 Å². The molecule has 0 bridgehead atoms. The third-order valence-corrected chi connectivity index (χ3v) is 6.51. The largest absolute Gasteiger partial charge is 0.351 e. The first kappa shape index (κ1) is 21.7. The molecular weight excluding hydrogens is 352 g/mol. The molecule has 1 heterocycles. The van der Waals surface area contributed by atoms with Gasteiger partial charge in [-0.1, -0.05) is 91.8 Å². The minimum Gasteiger partial charge on any atom is -0.351 e. The van der Waals surface area contributed by atoms with Crippen LogP contribution in [0.2, 0.25) is 0 Å². The number of benzene rings is 1. The number of allylic oxidation sites excluding steroid dienone is 2. The van der Waals surface area contributed by atoms with Gasteiger partial charge in [0.05, 0.1) is 12.7 Å². The molecule has 0 N–H and O–H groups in total. The van der Waals surface area contributed by atoms with Crippen LogP contribution in [0.5, 0.6) is 0 Å². The number of rotatable bonds is 6. The van der Waals surface area contributed by atoms with Gasteiger partial charge in [0.1, 0.15) is 0 Å². The lowest BCUT2D eigenvalue weighted by atomic mass is 9.77. The molecule has 2 unspecified atom stereocenters. The molecule has 1 aliphatic carbocycles. The molecule has 29 heavy (non-hydrogen) atoms. The van der Waals surface area contributed by atoms with Crippen molar-refractivity contribution in [3.63, 3.8) is 0 Å². The van der Waals surface area contributed by atoms with Gasteiger partial charge in [0.2, 0.25) is 0 Å². The summed E-state index contributed by atoms with van der Waals surface area (Å²) < 4.78 is 0. The van der Waals surface area contributed by atoms with E-state index in [9.17, 15) is 0 Å². The van der Waals surface area contributed by atoms with Gasteiger partial charge in [0.25, 0.3) is 0 Å². The maximum absolute atomic E-state index is 2.57. The van der Waals surface area contributed by atoms with Gasteiger partial charge in [-0.15, -0.1) is 0 Å². The van der Waals surface area contributed by atoms with Crippen molar-refractivity contribution in [2.45, 2.75) is 73.3 Å². The van der Waals surface area contributed by atoms with E-state index in [0.717, 1.165) is 6.67 Å². The van der Waals surface area contributed by atoms with Crippen LogP contribution in [0.4, 0.5) is 5.69 Å². The quantitative estimate of drug-likeness (QED) is 0.502. The molecule has 2 nitrogen and oxygen atoms in total. The highest BCUT2D eigenvalue weighted by atomic mass is 15.4. The van der Waals surface area contributed by atoms with Crippen LogP contribution in [0, 0.1) is 17.8 Å². The molecule has 3 rings (SSSR count). The van der Waals surface area contributed by atoms with Crippen LogP contribution >= 0.6 is 0 Å². The minimum atomic E-state index is 0.440. The summed E-state index contributed by atoms with van der Waals surface area (Å²) in [7, 11) is 0. The molecule has 2 heteroatoms. The summed E-state index contributed by atoms with van der Waals surface area (Å²) in [5, 5.41) is 0. The van der Waals surface area contributed by atoms with E-state index >= 15 is 0 Å². The van der Waals surface area contributed by atoms with E-state index in [0.29, 0.717) is 35.6 Å². The van der Waals surface area contributed by atoms with Gasteiger partial charge in [-0.05, 0) is 40.4 Å². The predicted molar refractivity (Wildman–Crippen MR) is 127 cm³/mol. The Morgan fingerprint density at radius 3 is 1.97 bits per heavy atom. The topological polar surface area (TPSA) is 6.48 Å². The third-order valence-electron chi connectivity index (χ3n) is 6.51. The van der Waals surface area contributed by atoms with Crippen LogP contribution in [-0.4, -0.2) is 17.6 Å². The lowest BCUT2D eigenvalue weighted by molar-refractivity contribution is 0.224. The SMILES string of the molecule is CC(C)C1=CC=CC(C(C)C)C1N1C=CN(c2c(C(C)C)cccc2C(C)C)C1. The fourth-order valence-corrected chi connectivity index (χ4v) is 4.86. The summed E-state index contributed by atoms with van der Waals surface area (Å²) in [4.78, 5) is 5.06. The number of para-hydroxylation sites is 1. The predicted octanol–water partition coefficient (Wildman–Crippen LogP) is 7.28. The van der Waals surface area contributed by atoms with Gasteiger partial charge in [0.15, 0.2) is 0 Å². The Balaban J connectivity index is 1.95. The van der Waals surface area contributed by atoms with Gasteiger partial charge in [-0.3, -0.25) is 0 Å². The van der Waals surface area contributed by atoms with Crippen molar-refractivity contribution in [2.24, 2.45) is 17.8 Å². The summed E-state index contributed by atoms with van der Waals surface area (Å²) >= 11 is 0. The summed E-state index contributed by atoms with van der Waals surface area (Å²) in [6.07, 6.45) is 11.7. The highest BCUT2D eigenvalue weighted by Crippen LogP contribution is 2.40. The van der Waals surface area contributed by atoms with Gasteiger partial charge < -0.3 is 9.80 Å². The van der Waals surface area contributed by atoms with E-state index in [1.54, 1.807) is 5.57 Å². The van der Waals surface area contributed by atoms with Crippen molar-refractivity contribution in [3.8, 4) is 0 Å².